The topological polar surface area (TPSA) is 51.8 Å². The number of nitrogens with zero attached hydrogens (tertiary/aromatic N) is 2. The van der Waals surface area contributed by atoms with Gasteiger partial charge in [-0.3, -0.25) is 0 Å². The van der Waals surface area contributed by atoms with Crippen molar-refractivity contribution in [2.24, 2.45) is 17.6 Å². The van der Waals surface area contributed by atoms with Gasteiger partial charge < -0.3 is 5.73 Å². The van der Waals surface area contributed by atoms with E-state index in [-0.39, 0.29) is 6.04 Å². The molecule has 0 spiro atoms. The summed E-state index contributed by atoms with van der Waals surface area (Å²) in [4.78, 5) is 0. The molecule has 1 aliphatic rings. The molecule has 14 heavy (non-hydrogen) atoms. The molecule has 1 fully saturated rings. The number of hydrogen-bond acceptors (Lipinski definition) is 4. The molecule has 0 bridgehead atoms. The molecule has 0 aromatic carbocycles. The quantitative estimate of drug-likeness (QED) is 0.817. The first-order chi connectivity index (χ1) is 6.77. The highest BCUT2D eigenvalue weighted by Gasteiger charge is 2.26. The predicted molar refractivity (Wildman–Crippen MR) is 58.0 cm³/mol. The minimum atomic E-state index is 0.108. The number of aromatic nitrogens is 2. The van der Waals surface area contributed by atoms with E-state index >= 15 is 0 Å². The zero-order valence-electron chi connectivity index (χ0n) is 8.52. The molecular formula is C10H17N3S. The lowest BCUT2D eigenvalue weighted by molar-refractivity contribution is 0.246. The van der Waals surface area contributed by atoms with Crippen LogP contribution in [0.25, 0.3) is 0 Å². The van der Waals surface area contributed by atoms with Crippen LogP contribution in [0, 0.1) is 11.8 Å². The molecule has 0 aliphatic heterocycles. The molecule has 1 heterocycles. The Morgan fingerprint density at radius 3 is 3.07 bits per heavy atom. The van der Waals surface area contributed by atoms with Crippen LogP contribution in [-0.4, -0.2) is 8.75 Å². The number of hydrogen-bond donors (Lipinski definition) is 1. The average molecular weight is 211 g/mol. The van der Waals surface area contributed by atoms with Crippen molar-refractivity contribution in [1.29, 1.82) is 0 Å². The summed E-state index contributed by atoms with van der Waals surface area (Å²) in [7, 11) is 0. The number of rotatable bonds is 2. The van der Waals surface area contributed by atoms with Crippen LogP contribution in [0.5, 0.6) is 0 Å². The first kappa shape index (κ1) is 10.1. The molecule has 3 nitrogen and oxygen atoms in total. The standard InChI is InChI=1S/C10H17N3S/c1-7-3-2-4-8(5-7)10(11)9-6-12-14-13-9/h6-8,10H,2-5,11H2,1H3. The average Bonchev–Trinajstić information content (AvgIpc) is 2.69. The van der Waals surface area contributed by atoms with Gasteiger partial charge in [-0.05, 0) is 24.7 Å². The molecule has 78 valence electrons. The molecular weight excluding hydrogens is 194 g/mol. The molecule has 1 aliphatic carbocycles. The minimum absolute atomic E-state index is 0.108. The van der Waals surface area contributed by atoms with Crippen LogP contribution < -0.4 is 5.73 Å². The molecule has 0 radical (unpaired) electrons. The summed E-state index contributed by atoms with van der Waals surface area (Å²) in [5.74, 6) is 1.44. The third kappa shape index (κ3) is 2.12. The lowest BCUT2D eigenvalue weighted by Crippen LogP contribution is -2.26. The Hall–Kier alpha value is -0.480. The van der Waals surface area contributed by atoms with Gasteiger partial charge in [0.05, 0.1) is 29.7 Å². The Labute approximate surface area is 89.0 Å². The van der Waals surface area contributed by atoms with Gasteiger partial charge in [0.1, 0.15) is 0 Å². The van der Waals surface area contributed by atoms with Gasteiger partial charge >= 0.3 is 0 Å². The summed E-state index contributed by atoms with van der Waals surface area (Å²) in [6.45, 7) is 2.32. The Balaban J connectivity index is 2.00. The SMILES string of the molecule is CC1CCCC(C(N)c2cnsn2)C1. The van der Waals surface area contributed by atoms with Crippen molar-refractivity contribution in [3.8, 4) is 0 Å². The van der Waals surface area contributed by atoms with Crippen molar-refractivity contribution in [2.45, 2.75) is 38.6 Å². The van der Waals surface area contributed by atoms with Crippen LogP contribution in [0.2, 0.25) is 0 Å². The summed E-state index contributed by atoms with van der Waals surface area (Å²) in [6.07, 6.45) is 6.99. The summed E-state index contributed by atoms with van der Waals surface area (Å²) in [5, 5.41) is 0. The molecule has 0 amide bonds. The molecule has 4 heteroatoms. The highest BCUT2D eigenvalue weighted by atomic mass is 32.1. The highest BCUT2D eigenvalue weighted by Crippen LogP contribution is 2.35. The lowest BCUT2D eigenvalue weighted by atomic mass is 9.78. The first-order valence-electron chi connectivity index (χ1n) is 5.30. The van der Waals surface area contributed by atoms with Crippen molar-refractivity contribution < 1.29 is 0 Å². The fraction of sp³-hybridized carbons (Fsp3) is 0.800. The highest BCUT2D eigenvalue weighted by molar-refractivity contribution is 6.99. The van der Waals surface area contributed by atoms with Crippen LogP contribution in [0.3, 0.4) is 0 Å². The van der Waals surface area contributed by atoms with Crippen LogP contribution >= 0.6 is 11.7 Å². The lowest BCUT2D eigenvalue weighted by Gasteiger charge is -2.30. The Kier molecular flexibility index (Phi) is 3.13. The second-order valence-electron chi connectivity index (χ2n) is 4.39. The van der Waals surface area contributed by atoms with Crippen molar-refractivity contribution in [3.63, 3.8) is 0 Å². The Morgan fingerprint density at radius 2 is 2.43 bits per heavy atom. The van der Waals surface area contributed by atoms with Crippen LogP contribution in [0.1, 0.15) is 44.3 Å². The molecule has 1 aromatic rings. The molecule has 1 aromatic heterocycles. The largest absolute Gasteiger partial charge is 0.322 e. The van der Waals surface area contributed by atoms with Gasteiger partial charge in [-0.1, -0.05) is 19.8 Å². The smallest absolute Gasteiger partial charge is 0.0912 e. The van der Waals surface area contributed by atoms with Crippen LogP contribution in [0.4, 0.5) is 0 Å². The second-order valence-corrected chi connectivity index (χ2v) is 4.95. The molecule has 1 saturated carbocycles. The van der Waals surface area contributed by atoms with Crippen LogP contribution in [0.15, 0.2) is 6.20 Å². The maximum Gasteiger partial charge on any atom is 0.0912 e. The van der Waals surface area contributed by atoms with Crippen molar-refractivity contribution in [2.75, 3.05) is 0 Å². The van der Waals surface area contributed by atoms with Gasteiger partial charge in [0, 0.05) is 0 Å². The van der Waals surface area contributed by atoms with E-state index in [0.29, 0.717) is 5.92 Å². The van der Waals surface area contributed by atoms with E-state index in [9.17, 15) is 0 Å². The van der Waals surface area contributed by atoms with E-state index in [0.717, 1.165) is 11.6 Å². The van der Waals surface area contributed by atoms with Crippen molar-refractivity contribution in [3.05, 3.63) is 11.9 Å². The maximum atomic E-state index is 6.18. The third-order valence-electron chi connectivity index (χ3n) is 3.20. The Morgan fingerprint density at radius 1 is 1.57 bits per heavy atom. The maximum absolute atomic E-state index is 6.18. The third-order valence-corrected chi connectivity index (χ3v) is 3.70. The summed E-state index contributed by atoms with van der Waals surface area (Å²) in [6, 6.07) is 0.108. The number of nitrogens with two attached hydrogens (primary N) is 1. The van der Waals surface area contributed by atoms with Gasteiger partial charge in [0.25, 0.3) is 0 Å². The van der Waals surface area contributed by atoms with Crippen molar-refractivity contribution in [1.82, 2.24) is 8.75 Å². The van der Waals surface area contributed by atoms with E-state index in [4.69, 9.17) is 5.73 Å². The van der Waals surface area contributed by atoms with Gasteiger partial charge in [0.15, 0.2) is 0 Å². The van der Waals surface area contributed by atoms with Gasteiger partial charge in [-0.2, -0.15) is 8.75 Å². The summed E-state index contributed by atoms with van der Waals surface area (Å²) in [5.41, 5.74) is 7.16. The van der Waals surface area contributed by atoms with E-state index < -0.39 is 0 Å². The van der Waals surface area contributed by atoms with Gasteiger partial charge in [-0.15, -0.1) is 0 Å². The fourth-order valence-electron chi connectivity index (χ4n) is 2.37. The van der Waals surface area contributed by atoms with Crippen LogP contribution in [-0.2, 0) is 0 Å². The van der Waals surface area contributed by atoms with E-state index in [1.54, 1.807) is 0 Å². The van der Waals surface area contributed by atoms with E-state index in [2.05, 4.69) is 15.7 Å². The first-order valence-corrected chi connectivity index (χ1v) is 6.03. The van der Waals surface area contributed by atoms with E-state index in [1.807, 2.05) is 6.20 Å². The monoisotopic (exact) mass is 211 g/mol. The minimum Gasteiger partial charge on any atom is -0.322 e. The summed E-state index contributed by atoms with van der Waals surface area (Å²) < 4.78 is 8.23. The molecule has 0 saturated heterocycles. The predicted octanol–water partition coefficient (Wildman–Crippen LogP) is 2.36. The van der Waals surface area contributed by atoms with Gasteiger partial charge in [0.2, 0.25) is 0 Å². The second kappa shape index (κ2) is 4.36. The Bertz CT molecular complexity index is 273. The summed E-state index contributed by atoms with van der Waals surface area (Å²) >= 11 is 1.25. The van der Waals surface area contributed by atoms with Gasteiger partial charge in [-0.25, -0.2) is 0 Å². The van der Waals surface area contributed by atoms with Crippen molar-refractivity contribution >= 4 is 11.7 Å². The molecule has 3 unspecified atom stereocenters. The molecule has 3 atom stereocenters. The fourth-order valence-corrected chi connectivity index (χ4v) is 2.83. The zero-order valence-corrected chi connectivity index (χ0v) is 9.33. The zero-order chi connectivity index (χ0) is 9.97. The molecule has 2 rings (SSSR count). The normalized spacial score (nSPS) is 30.1. The molecule has 2 N–H and O–H groups in total. The van der Waals surface area contributed by atoms with E-state index in [1.165, 1.54) is 37.4 Å².